The normalized spacial score (nSPS) is 10.4. The summed E-state index contributed by atoms with van der Waals surface area (Å²) < 4.78 is 6.22. The smallest absolute Gasteiger partial charge is 0.360 e. The molecular weight excluding hydrogens is 262 g/mol. The number of hydrogen-bond acceptors (Lipinski definition) is 5. The van der Waals surface area contributed by atoms with Crippen molar-refractivity contribution in [2.45, 2.75) is 18.4 Å². The maximum absolute atomic E-state index is 11.2. The topological polar surface area (TPSA) is 57.0 Å². The minimum absolute atomic E-state index is 0.239. The van der Waals surface area contributed by atoms with Gasteiger partial charge in [0.2, 0.25) is 0 Å². The summed E-state index contributed by atoms with van der Waals surface area (Å²) in [6.45, 7) is 2.76. The third-order valence-electron chi connectivity index (χ3n) is 2.54. The highest BCUT2D eigenvalue weighted by atomic mass is 32.2. The Morgan fingerprint density at radius 2 is 2.11 bits per heavy atom. The molecular formula is C13H15N3O2S. The van der Waals surface area contributed by atoms with E-state index >= 15 is 0 Å². The van der Waals surface area contributed by atoms with Crippen LogP contribution < -0.4 is 0 Å². The summed E-state index contributed by atoms with van der Waals surface area (Å²) in [5, 5.41) is 7.64. The first-order valence-electron chi connectivity index (χ1n) is 5.87. The molecule has 0 N–H and O–H groups in total. The number of hydrogen-bond donors (Lipinski definition) is 0. The van der Waals surface area contributed by atoms with Crippen LogP contribution in [-0.4, -0.2) is 33.8 Å². The Hall–Kier alpha value is -1.82. The summed E-state index contributed by atoms with van der Waals surface area (Å²) >= 11 is 1.74. The van der Waals surface area contributed by atoms with Crippen LogP contribution in [0.1, 0.15) is 16.1 Å². The molecule has 0 radical (unpaired) electrons. The number of carbonyl (C=O) groups excluding carboxylic acids is 1. The summed E-state index contributed by atoms with van der Waals surface area (Å²) in [6, 6.07) is 8.38. The standard InChI is InChI=1S/C13H15N3O2S/c1-10-3-5-11(6-4-10)19-8-7-16-9-12(14-15-16)13(17)18-2/h3-6,9H,7-8H2,1-2H3. The Labute approximate surface area is 116 Å². The van der Waals surface area contributed by atoms with Gasteiger partial charge in [0.15, 0.2) is 5.69 Å². The quantitative estimate of drug-likeness (QED) is 0.619. The largest absolute Gasteiger partial charge is 0.464 e. The van der Waals surface area contributed by atoms with Crippen LogP contribution >= 0.6 is 11.8 Å². The molecule has 0 aliphatic carbocycles. The van der Waals surface area contributed by atoms with Crippen molar-refractivity contribution in [1.29, 1.82) is 0 Å². The van der Waals surface area contributed by atoms with Crippen molar-refractivity contribution in [2.75, 3.05) is 12.9 Å². The molecule has 2 aromatic rings. The Kier molecular flexibility index (Phi) is 4.57. The molecule has 0 bridgehead atoms. The fourth-order valence-electron chi connectivity index (χ4n) is 1.50. The average Bonchev–Trinajstić information content (AvgIpc) is 2.89. The van der Waals surface area contributed by atoms with Gasteiger partial charge in [-0.05, 0) is 19.1 Å². The van der Waals surface area contributed by atoms with Crippen molar-refractivity contribution in [3.63, 3.8) is 0 Å². The highest BCUT2D eigenvalue weighted by Gasteiger charge is 2.10. The van der Waals surface area contributed by atoms with E-state index in [0.29, 0.717) is 6.54 Å². The van der Waals surface area contributed by atoms with Crippen molar-refractivity contribution in [3.8, 4) is 0 Å². The second-order valence-electron chi connectivity index (χ2n) is 4.02. The number of methoxy groups -OCH3 is 1. The lowest BCUT2D eigenvalue weighted by Crippen LogP contribution is -2.02. The van der Waals surface area contributed by atoms with Crippen LogP contribution in [0, 0.1) is 6.92 Å². The van der Waals surface area contributed by atoms with Gasteiger partial charge in [0.05, 0.1) is 19.9 Å². The molecule has 0 aliphatic heterocycles. The van der Waals surface area contributed by atoms with Crippen LogP contribution in [0.2, 0.25) is 0 Å². The molecule has 0 fully saturated rings. The molecule has 2 rings (SSSR count). The predicted octanol–water partition coefficient (Wildman–Crippen LogP) is 2.17. The Bertz CT molecular complexity index is 551. The molecule has 0 saturated carbocycles. The van der Waals surface area contributed by atoms with Crippen molar-refractivity contribution < 1.29 is 9.53 Å². The summed E-state index contributed by atoms with van der Waals surface area (Å²) in [7, 11) is 1.33. The number of benzene rings is 1. The third-order valence-corrected chi connectivity index (χ3v) is 3.54. The zero-order valence-corrected chi connectivity index (χ0v) is 11.7. The maximum atomic E-state index is 11.2. The Balaban J connectivity index is 1.84. The second-order valence-corrected chi connectivity index (χ2v) is 5.19. The van der Waals surface area contributed by atoms with E-state index in [9.17, 15) is 4.79 Å². The van der Waals surface area contributed by atoms with Gasteiger partial charge in [-0.25, -0.2) is 4.79 Å². The van der Waals surface area contributed by atoms with Gasteiger partial charge in [-0.1, -0.05) is 22.9 Å². The van der Waals surface area contributed by atoms with Gasteiger partial charge in [-0.2, -0.15) is 0 Å². The molecule has 1 aromatic carbocycles. The molecule has 0 aliphatic rings. The molecule has 19 heavy (non-hydrogen) atoms. The van der Waals surface area contributed by atoms with Crippen molar-refractivity contribution >= 4 is 17.7 Å². The molecule has 5 nitrogen and oxygen atoms in total. The Morgan fingerprint density at radius 1 is 1.37 bits per heavy atom. The van der Waals surface area contributed by atoms with Crippen LogP contribution in [0.4, 0.5) is 0 Å². The Morgan fingerprint density at radius 3 is 2.79 bits per heavy atom. The maximum Gasteiger partial charge on any atom is 0.360 e. The average molecular weight is 277 g/mol. The highest BCUT2D eigenvalue weighted by Crippen LogP contribution is 2.18. The van der Waals surface area contributed by atoms with E-state index in [2.05, 4.69) is 46.2 Å². The zero-order chi connectivity index (χ0) is 13.7. The minimum atomic E-state index is -0.461. The lowest BCUT2D eigenvalue weighted by molar-refractivity contribution is 0.0594. The first-order chi connectivity index (χ1) is 9.19. The molecule has 0 unspecified atom stereocenters. The van der Waals surface area contributed by atoms with Crippen LogP contribution in [0.5, 0.6) is 0 Å². The molecule has 1 heterocycles. The van der Waals surface area contributed by atoms with Crippen LogP contribution in [0.25, 0.3) is 0 Å². The molecule has 0 amide bonds. The highest BCUT2D eigenvalue weighted by molar-refractivity contribution is 7.99. The van der Waals surface area contributed by atoms with Gasteiger partial charge >= 0.3 is 5.97 Å². The first kappa shape index (κ1) is 13.6. The van der Waals surface area contributed by atoms with Crippen LogP contribution in [0.3, 0.4) is 0 Å². The summed E-state index contributed by atoms with van der Waals surface area (Å²) in [5.41, 5.74) is 1.49. The number of ether oxygens (including phenoxy) is 1. The van der Waals surface area contributed by atoms with E-state index < -0.39 is 5.97 Å². The number of aromatic nitrogens is 3. The van der Waals surface area contributed by atoms with E-state index in [1.165, 1.54) is 17.6 Å². The molecule has 100 valence electrons. The van der Waals surface area contributed by atoms with Gasteiger partial charge in [-0.3, -0.25) is 4.68 Å². The number of rotatable bonds is 5. The lowest BCUT2D eigenvalue weighted by Gasteiger charge is -2.02. The fourth-order valence-corrected chi connectivity index (χ4v) is 2.34. The molecule has 6 heteroatoms. The van der Waals surface area contributed by atoms with Gasteiger partial charge in [-0.15, -0.1) is 16.9 Å². The number of thioether (sulfide) groups is 1. The third kappa shape index (κ3) is 3.82. The summed E-state index contributed by atoms with van der Waals surface area (Å²) in [4.78, 5) is 12.4. The van der Waals surface area contributed by atoms with E-state index in [1.807, 2.05) is 0 Å². The molecule has 0 saturated heterocycles. The lowest BCUT2D eigenvalue weighted by atomic mass is 10.2. The van der Waals surface area contributed by atoms with Crippen molar-refractivity contribution in [3.05, 3.63) is 41.7 Å². The van der Waals surface area contributed by atoms with Crippen molar-refractivity contribution in [1.82, 2.24) is 15.0 Å². The van der Waals surface area contributed by atoms with E-state index in [-0.39, 0.29) is 5.69 Å². The predicted molar refractivity (Wildman–Crippen MR) is 73.3 cm³/mol. The zero-order valence-electron chi connectivity index (χ0n) is 10.9. The number of nitrogens with zero attached hydrogens (tertiary/aromatic N) is 3. The van der Waals surface area contributed by atoms with Gasteiger partial charge in [0.1, 0.15) is 0 Å². The molecule has 1 aromatic heterocycles. The van der Waals surface area contributed by atoms with Gasteiger partial charge in [0, 0.05) is 10.6 Å². The van der Waals surface area contributed by atoms with Crippen molar-refractivity contribution in [2.24, 2.45) is 0 Å². The van der Waals surface area contributed by atoms with E-state index in [1.54, 1.807) is 22.6 Å². The van der Waals surface area contributed by atoms with Crippen LogP contribution in [0.15, 0.2) is 35.4 Å². The fraction of sp³-hybridized carbons (Fsp3) is 0.308. The van der Waals surface area contributed by atoms with Crippen LogP contribution in [-0.2, 0) is 11.3 Å². The molecule has 0 atom stereocenters. The van der Waals surface area contributed by atoms with Gasteiger partial charge < -0.3 is 4.74 Å². The monoisotopic (exact) mass is 277 g/mol. The summed E-state index contributed by atoms with van der Waals surface area (Å²) in [5.74, 6) is 0.407. The van der Waals surface area contributed by atoms with Gasteiger partial charge in [0.25, 0.3) is 0 Å². The summed E-state index contributed by atoms with van der Waals surface area (Å²) in [6.07, 6.45) is 1.60. The first-order valence-corrected chi connectivity index (χ1v) is 6.85. The number of carbonyl (C=O) groups is 1. The SMILES string of the molecule is COC(=O)c1cn(CCSc2ccc(C)cc2)nn1. The second kappa shape index (κ2) is 6.38. The van der Waals surface area contributed by atoms with E-state index in [0.717, 1.165) is 5.75 Å². The molecule has 0 spiro atoms. The number of aryl methyl sites for hydroxylation is 2. The minimum Gasteiger partial charge on any atom is -0.464 e. The number of esters is 1. The van der Waals surface area contributed by atoms with E-state index in [4.69, 9.17) is 0 Å².